The van der Waals surface area contributed by atoms with E-state index in [-0.39, 0.29) is 5.96 Å². The molecule has 0 aliphatic heterocycles. The van der Waals surface area contributed by atoms with Gasteiger partial charge in [-0.2, -0.15) is 4.99 Å². The van der Waals surface area contributed by atoms with E-state index in [0.717, 1.165) is 10.8 Å². The van der Waals surface area contributed by atoms with Crippen LogP contribution in [0.4, 0.5) is 0 Å². The Balaban J connectivity index is 2.52. The zero-order valence-electron chi connectivity index (χ0n) is 9.05. The fourth-order valence-electron chi connectivity index (χ4n) is 1.62. The molecule has 2 radical (unpaired) electrons. The van der Waals surface area contributed by atoms with Crippen molar-refractivity contribution < 1.29 is 4.79 Å². The molecule has 1 amide bonds. The lowest BCUT2D eigenvalue weighted by Gasteiger charge is -2.03. The van der Waals surface area contributed by atoms with Crippen LogP contribution in [0, 0.1) is 0 Å². The molecule has 0 heterocycles. The van der Waals surface area contributed by atoms with E-state index < -0.39 is 5.91 Å². The van der Waals surface area contributed by atoms with Crippen LogP contribution in [-0.2, 0) is 0 Å². The number of hydrogen-bond acceptors (Lipinski definition) is 1. The van der Waals surface area contributed by atoms with E-state index in [9.17, 15) is 4.79 Å². The van der Waals surface area contributed by atoms with Gasteiger partial charge in [0, 0.05) is 5.56 Å². The van der Waals surface area contributed by atoms with Crippen LogP contribution in [0.3, 0.4) is 0 Å². The molecule has 4 N–H and O–H groups in total. The van der Waals surface area contributed by atoms with E-state index in [2.05, 4.69) is 4.99 Å². The Labute approximate surface area is 99.7 Å². The zero-order valence-corrected chi connectivity index (χ0v) is 9.05. The van der Waals surface area contributed by atoms with Gasteiger partial charge in [-0.1, -0.05) is 29.7 Å². The summed E-state index contributed by atoms with van der Waals surface area (Å²) in [5, 5.41) is 1.77. The van der Waals surface area contributed by atoms with E-state index in [4.69, 9.17) is 19.3 Å². The van der Waals surface area contributed by atoms with Gasteiger partial charge in [-0.15, -0.1) is 0 Å². The summed E-state index contributed by atoms with van der Waals surface area (Å²) in [6.07, 6.45) is 0. The first kappa shape index (κ1) is 11.2. The van der Waals surface area contributed by atoms with Crippen LogP contribution in [0.1, 0.15) is 10.4 Å². The first-order valence-corrected chi connectivity index (χ1v) is 5.00. The van der Waals surface area contributed by atoms with E-state index >= 15 is 0 Å². The predicted molar refractivity (Wildman–Crippen MR) is 69.5 cm³/mol. The normalized spacial score (nSPS) is 10.1. The Hall–Kier alpha value is -2.30. The second kappa shape index (κ2) is 4.29. The number of hydrogen-bond donors (Lipinski definition) is 2. The minimum Gasteiger partial charge on any atom is -0.370 e. The molecule has 0 saturated carbocycles. The summed E-state index contributed by atoms with van der Waals surface area (Å²) in [4.78, 5) is 15.1. The molecule has 0 saturated heterocycles. The maximum Gasteiger partial charge on any atom is 0.280 e. The number of guanidine groups is 1. The Kier molecular flexibility index (Phi) is 2.83. The van der Waals surface area contributed by atoms with Crippen molar-refractivity contribution in [3.05, 3.63) is 42.0 Å². The molecule has 2 aromatic carbocycles. The summed E-state index contributed by atoms with van der Waals surface area (Å²) in [7, 11) is 5.81. The smallest absolute Gasteiger partial charge is 0.280 e. The molecule has 0 fully saturated rings. The average Bonchev–Trinajstić information content (AvgIpc) is 2.28. The third-order valence-electron chi connectivity index (χ3n) is 2.39. The third kappa shape index (κ3) is 2.28. The molecule has 4 nitrogen and oxygen atoms in total. The monoisotopic (exact) mass is 223 g/mol. The molecule has 2 aromatic rings. The van der Waals surface area contributed by atoms with Crippen molar-refractivity contribution in [1.29, 1.82) is 0 Å². The van der Waals surface area contributed by atoms with Gasteiger partial charge < -0.3 is 11.5 Å². The minimum atomic E-state index is -0.464. The molecule has 5 heteroatoms. The Morgan fingerprint density at radius 2 is 1.94 bits per heavy atom. The zero-order chi connectivity index (χ0) is 12.4. The second-order valence-electron chi connectivity index (χ2n) is 3.62. The van der Waals surface area contributed by atoms with Crippen molar-refractivity contribution in [1.82, 2.24) is 0 Å². The van der Waals surface area contributed by atoms with Crippen LogP contribution in [0.25, 0.3) is 10.8 Å². The van der Waals surface area contributed by atoms with Crippen LogP contribution in [0.15, 0.2) is 41.4 Å². The van der Waals surface area contributed by atoms with Crippen molar-refractivity contribution >= 4 is 35.9 Å². The summed E-state index contributed by atoms with van der Waals surface area (Å²) in [6.45, 7) is 0. The lowest BCUT2D eigenvalue weighted by Crippen LogP contribution is -2.24. The number of carbonyl (C=O) groups excluding carboxylic acids is 1. The molecule has 0 aliphatic carbocycles. The number of rotatable bonds is 1. The summed E-state index contributed by atoms with van der Waals surface area (Å²) in [6, 6.07) is 10.6. The summed E-state index contributed by atoms with van der Waals surface area (Å²) < 4.78 is 0. The van der Waals surface area contributed by atoms with Crippen molar-refractivity contribution in [3.8, 4) is 0 Å². The third-order valence-corrected chi connectivity index (χ3v) is 2.39. The van der Waals surface area contributed by atoms with Crippen molar-refractivity contribution in [2.24, 2.45) is 16.5 Å². The highest BCUT2D eigenvalue weighted by atomic mass is 16.1. The van der Waals surface area contributed by atoms with Crippen LogP contribution in [-0.4, -0.2) is 19.7 Å². The number of aliphatic imine (C=N–C) groups is 1. The van der Waals surface area contributed by atoms with E-state index in [1.165, 1.54) is 0 Å². The van der Waals surface area contributed by atoms with Gasteiger partial charge in [-0.05, 0) is 22.9 Å². The van der Waals surface area contributed by atoms with E-state index in [1.54, 1.807) is 24.3 Å². The molecule has 0 bridgehead atoms. The lowest BCUT2D eigenvalue weighted by atomic mass is 9.89. The van der Waals surface area contributed by atoms with Gasteiger partial charge in [-0.25, -0.2) is 0 Å². The Morgan fingerprint density at radius 1 is 1.18 bits per heavy atom. The van der Waals surface area contributed by atoms with Gasteiger partial charge >= 0.3 is 0 Å². The number of nitrogens with two attached hydrogens (primary N) is 2. The lowest BCUT2D eigenvalue weighted by molar-refractivity contribution is 0.100. The fraction of sp³-hybridized carbons (Fsp3) is 0. The van der Waals surface area contributed by atoms with E-state index in [1.807, 2.05) is 12.1 Å². The van der Waals surface area contributed by atoms with Crippen LogP contribution in [0.5, 0.6) is 0 Å². The molecule has 82 valence electrons. The van der Waals surface area contributed by atoms with Crippen LogP contribution >= 0.6 is 0 Å². The highest BCUT2D eigenvalue weighted by molar-refractivity contribution is 6.38. The molecule has 0 atom stereocenters. The number of nitrogens with zero attached hydrogens (tertiary/aromatic N) is 1. The summed E-state index contributed by atoms with van der Waals surface area (Å²) in [5.74, 6) is -0.711. The number of fused-ring (bicyclic) bond motifs is 1. The molecular formula is C12H10BN3O. The quantitative estimate of drug-likeness (QED) is 0.407. The first-order valence-electron chi connectivity index (χ1n) is 5.00. The maximum absolute atomic E-state index is 11.6. The van der Waals surface area contributed by atoms with Crippen LogP contribution in [0.2, 0.25) is 0 Å². The summed E-state index contributed by atoms with van der Waals surface area (Å²) >= 11 is 0. The first-order chi connectivity index (χ1) is 8.08. The van der Waals surface area contributed by atoms with Crippen LogP contribution < -0.4 is 16.9 Å². The van der Waals surface area contributed by atoms with Gasteiger partial charge in [0.05, 0.1) is 0 Å². The second-order valence-corrected chi connectivity index (χ2v) is 3.62. The Bertz CT molecular complexity index is 618. The molecule has 0 spiro atoms. The molecule has 2 rings (SSSR count). The fourth-order valence-corrected chi connectivity index (χ4v) is 1.62. The number of amides is 1. The average molecular weight is 223 g/mol. The maximum atomic E-state index is 11.6. The van der Waals surface area contributed by atoms with E-state index in [0.29, 0.717) is 11.0 Å². The molecule has 0 aromatic heterocycles. The van der Waals surface area contributed by atoms with Gasteiger partial charge in [0.2, 0.25) is 0 Å². The van der Waals surface area contributed by atoms with Gasteiger partial charge in [0.15, 0.2) is 5.96 Å². The van der Waals surface area contributed by atoms with Crippen molar-refractivity contribution in [3.63, 3.8) is 0 Å². The number of carbonyl (C=O) groups is 1. The minimum absolute atomic E-state index is 0.248. The molecule has 17 heavy (non-hydrogen) atoms. The van der Waals surface area contributed by atoms with Gasteiger partial charge in [-0.3, -0.25) is 4.79 Å². The Morgan fingerprint density at radius 3 is 2.65 bits per heavy atom. The summed E-state index contributed by atoms with van der Waals surface area (Å²) in [5.41, 5.74) is 11.4. The van der Waals surface area contributed by atoms with Crippen molar-refractivity contribution in [2.75, 3.05) is 0 Å². The standard InChI is InChI=1S/C12H10BN3O/c13-10-3-1-2-7-6-8(4-5-9(7)10)11(17)16-12(14)15/h1-6H,(H4,14,15,16,17). The van der Waals surface area contributed by atoms with Gasteiger partial charge in [0.1, 0.15) is 7.85 Å². The number of benzene rings is 2. The highest BCUT2D eigenvalue weighted by Crippen LogP contribution is 2.14. The highest BCUT2D eigenvalue weighted by Gasteiger charge is 2.05. The SMILES string of the molecule is [B]c1cccc2cc(C(=O)N=C(N)N)ccc12. The van der Waals surface area contributed by atoms with Gasteiger partial charge in [0.25, 0.3) is 5.91 Å². The topological polar surface area (TPSA) is 81.5 Å². The predicted octanol–water partition coefficient (Wildman–Crippen LogP) is 0.0472. The largest absolute Gasteiger partial charge is 0.370 e. The molecule has 0 aliphatic rings. The molecule has 0 unspecified atom stereocenters. The molecular weight excluding hydrogens is 213 g/mol. The van der Waals surface area contributed by atoms with Crippen molar-refractivity contribution in [2.45, 2.75) is 0 Å².